The lowest BCUT2D eigenvalue weighted by Gasteiger charge is -2.32. The van der Waals surface area contributed by atoms with Crippen molar-refractivity contribution in [2.45, 2.75) is 75.4 Å². The summed E-state index contributed by atoms with van der Waals surface area (Å²) in [5.74, 6) is -0.343. The Balaban J connectivity index is 1.33. The predicted molar refractivity (Wildman–Crippen MR) is 154 cm³/mol. The van der Waals surface area contributed by atoms with E-state index < -0.39 is 16.1 Å². The molecule has 3 aromatic carbocycles. The van der Waals surface area contributed by atoms with E-state index in [1.807, 2.05) is 49.4 Å². The Morgan fingerprint density at radius 3 is 2.49 bits per heavy atom. The average molecular weight is 568 g/mol. The van der Waals surface area contributed by atoms with Crippen LogP contribution in [-0.4, -0.2) is 43.8 Å². The number of halogens is 1. The first-order chi connectivity index (χ1) is 18.8. The highest BCUT2D eigenvalue weighted by atomic mass is 35.5. The zero-order valence-electron chi connectivity index (χ0n) is 22.1. The highest BCUT2D eigenvalue weighted by Crippen LogP contribution is 2.42. The molecule has 1 unspecified atom stereocenters. The molecule has 206 valence electrons. The Bertz CT molecular complexity index is 1480. The van der Waals surface area contributed by atoms with Crippen LogP contribution in [0.25, 0.3) is 10.8 Å². The predicted octanol–water partition coefficient (Wildman–Crippen LogP) is 5.65. The Kier molecular flexibility index (Phi) is 8.14. The molecule has 1 saturated carbocycles. The fourth-order valence-electron chi connectivity index (χ4n) is 5.81. The summed E-state index contributed by atoms with van der Waals surface area (Å²) in [5, 5.41) is 5.28. The van der Waals surface area contributed by atoms with Crippen molar-refractivity contribution < 1.29 is 18.0 Å². The molecule has 0 spiro atoms. The van der Waals surface area contributed by atoms with Crippen molar-refractivity contribution >= 4 is 49.9 Å². The van der Waals surface area contributed by atoms with Gasteiger partial charge >= 0.3 is 0 Å². The lowest BCUT2D eigenvalue weighted by molar-refractivity contribution is -0.141. The molecule has 9 heteroatoms. The van der Waals surface area contributed by atoms with Crippen molar-refractivity contribution in [1.82, 2.24) is 10.2 Å². The number of rotatable bonds is 10. The zero-order chi connectivity index (χ0) is 27.6. The molecular formula is C30H34ClN3O4S. The van der Waals surface area contributed by atoms with Gasteiger partial charge in [0.2, 0.25) is 11.8 Å². The molecule has 1 heterocycles. The van der Waals surface area contributed by atoms with Gasteiger partial charge in [-0.3, -0.25) is 13.9 Å². The van der Waals surface area contributed by atoms with Gasteiger partial charge < -0.3 is 10.2 Å². The quantitative estimate of drug-likeness (QED) is 0.343. The van der Waals surface area contributed by atoms with E-state index in [1.54, 1.807) is 23.1 Å². The molecule has 39 heavy (non-hydrogen) atoms. The summed E-state index contributed by atoms with van der Waals surface area (Å²) in [6.07, 6.45) is 5.01. The van der Waals surface area contributed by atoms with E-state index in [0.717, 1.165) is 42.0 Å². The number of sulfonamides is 1. The molecule has 0 radical (unpaired) electrons. The maximum Gasteiger partial charge on any atom is 0.265 e. The van der Waals surface area contributed by atoms with E-state index in [9.17, 15) is 18.0 Å². The standard InChI is InChI=1S/C30H34ClN3O4S/c1-2-25(30(36)32-23-13-4-5-14-23)33(20-22-10-3-6-15-24(22)31)28(35)18-9-19-34-26-16-7-11-21-12-8-17-27(29(21)26)39(34,37)38/h3,6-8,10-12,15-17,23,25H,2,4-5,9,13-14,18-20H2,1H3,(H,32,36). The molecular weight excluding hydrogens is 534 g/mol. The van der Waals surface area contributed by atoms with E-state index in [0.29, 0.717) is 28.4 Å². The number of nitrogens with one attached hydrogen (secondary N) is 1. The maximum atomic E-state index is 13.7. The van der Waals surface area contributed by atoms with Crippen LogP contribution in [0.5, 0.6) is 0 Å². The third-order valence-electron chi connectivity index (χ3n) is 7.82. The molecule has 3 aromatic rings. The van der Waals surface area contributed by atoms with Gasteiger partial charge in [-0.25, -0.2) is 8.42 Å². The van der Waals surface area contributed by atoms with Gasteiger partial charge in [-0.1, -0.05) is 73.8 Å². The van der Waals surface area contributed by atoms with E-state index in [2.05, 4.69) is 5.32 Å². The van der Waals surface area contributed by atoms with Crippen molar-refractivity contribution in [2.75, 3.05) is 10.8 Å². The normalized spacial score (nSPS) is 16.9. The first-order valence-electron chi connectivity index (χ1n) is 13.7. The first-order valence-corrected chi connectivity index (χ1v) is 15.5. The number of benzene rings is 3. The number of hydrogen-bond acceptors (Lipinski definition) is 4. The lowest BCUT2D eigenvalue weighted by Crippen LogP contribution is -2.51. The number of nitrogens with zero attached hydrogens (tertiary/aromatic N) is 2. The van der Waals surface area contributed by atoms with Gasteiger partial charge in [-0.05, 0) is 54.8 Å². The van der Waals surface area contributed by atoms with E-state index in [1.165, 1.54) is 4.31 Å². The summed E-state index contributed by atoms with van der Waals surface area (Å²) >= 11 is 6.43. The number of amides is 2. The van der Waals surface area contributed by atoms with Crippen LogP contribution in [0.1, 0.15) is 57.4 Å². The number of carbonyl (C=O) groups is 2. The van der Waals surface area contributed by atoms with E-state index in [4.69, 9.17) is 11.6 Å². The van der Waals surface area contributed by atoms with Gasteiger partial charge in [-0.15, -0.1) is 0 Å². The van der Waals surface area contributed by atoms with Gasteiger partial charge in [0, 0.05) is 36.0 Å². The first kappa shape index (κ1) is 27.5. The van der Waals surface area contributed by atoms with Gasteiger partial charge in [0.1, 0.15) is 6.04 Å². The summed E-state index contributed by atoms with van der Waals surface area (Å²) in [6.45, 7) is 2.29. The molecule has 2 amide bonds. The Morgan fingerprint density at radius 2 is 1.77 bits per heavy atom. The summed E-state index contributed by atoms with van der Waals surface area (Å²) in [4.78, 5) is 28.9. The topological polar surface area (TPSA) is 86.8 Å². The molecule has 1 aliphatic carbocycles. The molecule has 0 saturated heterocycles. The van der Waals surface area contributed by atoms with Crippen molar-refractivity contribution in [2.24, 2.45) is 0 Å². The molecule has 0 bridgehead atoms. The van der Waals surface area contributed by atoms with Gasteiger partial charge in [0.05, 0.1) is 10.6 Å². The molecule has 1 fully saturated rings. The summed E-state index contributed by atoms with van der Waals surface area (Å²) < 4.78 is 28.1. The smallest absolute Gasteiger partial charge is 0.265 e. The minimum absolute atomic E-state index is 0.107. The van der Waals surface area contributed by atoms with Crippen molar-refractivity contribution in [3.05, 3.63) is 71.2 Å². The molecule has 1 N–H and O–H groups in total. The van der Waals surface area contributed by atoms with Crippen LogP contribution in [0.4, 0.5) is 5.69 Å². The third-order valence-corrected chi connectivity index (χ3v) is 10.0. The van der Waals surface area contributed by atoms with Crippen LogP contribution < -0.4 is 9.62 Å². The fraction of sp³-hybridized carbons (Fsp3) is 0.400. The molecule has 1 atom stereocenters. The minimum Gasteiger partial charge on any atom is -0.352 e. The van der Waals surface area contributed by atoms with Crippen molar-refractivity contribution in [1.29, 1.82) is 0 Å². The minimum atomic E-state index is -3.69. The molecule has 2 aliphatic rings. The maximum absolute atomic E-state index is 13.7. The lowest BCUT2D eigenvalue weighted by atomic mass is 10.1. The number of carbonyl (C=O) groups excluding carboxylic acids is 2. The summed E-state index contributed by atoms with van der Waals surface area (Å²) in [7, 11) is -3.69. The van der Waals surface area contributed by atoms with Crippen molar-refractivity contribution in [3.8, 4) is 0 Å². The van der Waals surface area contributed by atoms with E-state index >= 15 is 0 Å². The SMILES string of the molecule is CCC(C(=O)NC1CCCC1)N(Cc1ccccc1Cl)C(=O)CCCN1c2cccc3cccc(c23)S1(=O)=O. The van der Waals surface area contributed by atoms with Crippen molar-refractivity contribution in [3.63, 3.8) is 0 Å². The van der Waals surface area contributed by atoms with Crippen LogP contribution in [0.15, 0.2) is 65.6 Å². The average Bonchev–Trinajstić information content (AvgIpc) is 3.51. The summed E-state index contributed by atoms with van der Waals surface area (Å²) in [6, 6.07) is 17.7. The van der Waals surface area contributed by atoms with Crippen LogP contribution in [0.2, 0.25) is 5.02 Å². The molecule has 7 nitrogen and oxygen atoms in total. The number of anilines is 1. The zero-order valence-corrected chi connectivity index (χ0v) is 23.7. The van der Waals surface area contributed by atoms with Crippen LogP contribution >= 0.6 is 11.6 Å². The Hall–Kier alpha value is -3.10. The molecule has 0 aromatic heterocycles. The van der Waals surface area contributed by atoms with E-state index in [-0.39, 0.29) is 37.4 Å². The monoisotopic (exact) mass is 567 g/mol. The summed E-state index contributed by atoms with van der Waals surface area (Å²) in [5.41, 5.74) is 1.41. The Labute approximate surface area is 235 Å². The second-order valence-electron chi connectivity index (χ2n) is 10.3. The number of hydrogen-bond donors (Lipinski definition) is 1. The largest absolute Gasteiger partial charge is 0.352 e. The van der Waals surface area contributed by atoms with Crippen LogP contribution in [0, 0.1) is 0 Å². The van der Waals surface area contributed by atoms with Gasteiger partial charge in [-0.2, -0.15) is 0 Å². The Morgan fingerprint density at radius 1 is 1.05 bits per heavy atom. The second kappa shape index (κ2) is 11.6. The van der Waals surface area contributed by atoms with Crippen LogP contribution in [-0.2, 0) is 26.2 Å². The fourth-order valence-corrected chi connectivity index (χ4v) is 7.76. The van der Waals surface area contributed by atoms with Gasteiger partial charge in [0.15, 0.2) is 0 Å². The highest BCUT2D eigenvalue weighted by Gasteiger charge is 2.36. The van der Waals surface area contributed by atoms with Crippen LogP contribution in [0.3, 0.4) is 0 Å². The molecule has 5 rings (SSSR count). The van der Waals surface area contributed by atoms with Gasteiger partial charge in [0.25, 0.3) is 10.0 Å². The second-order valence-corrected chi connectivity index (χ2v) is 12.6. The highest BCUT2D eigenvalue weighted by molar-refractivity contribution is 7.93. The third kappa shape index (κ3) is 5.50. The molecule has 1 aliphatic heterocycles.